The summed E-state index contributed by atoms with van der Waals surface area (Å²) >= 11 is 0. The fraction of sp³-hybridized carbons (Fsp3) is 0.923. The van der Waals surface area contributed by atoms with Gasteiger partial charge < -0.3 is 9.84 Å². The van der Waals surface area contributed by atoms with Gasteiger partial charge in [0.05, 0.1) is 12.2 Å². The van der Waals surface area contributed by atoms with Gasteiger partial charge in [0.2, 0.25) is 0 Å². The molecule has 5 atom stereocenters. The Balaban J connectivity index is 1.47. The zero-order chi connectivity index (χ0) is 13.0. The number of aliphatic hydroxyl groups is 1. The third-order valence-corrected chi connectivity index (χ3v) is 5.96. The summed E-state index contributed by atoms with van der Waals surface area (Å²) in [6.45, 7) is 0.613. The van der Waals surface area contributed by atoms with Crippen LogP contribution >= 0.6 is 0 Å². The first-order chi connectivity index (χ1) is 8.23. The number of ether oxygens (including phenoxy) is 1. The highest BCUT2D eigenvalue weighted by Gasteiger charge is 2.90. The van der Waals surface area contributed by atoms with E-state index in [0.717, 1.165) is 19.3 Å². The molecule has 0 saturated heterocycles. The number of halogens is 2. The molecule has 5 unspecified atom stereocenters. The summed E-state index contributed by atoms with van der Waals surface area (Å²) in [5.74, 6) is -3.88. The Hall–Kier alpha value is -0.710. The van der Waals surface area contributed by atoms with Gasteiger partial charge in [0.15, 0.2) is 0 Å². The zero-order valence-electron chi connectivity index (χ0n) is 10.2. The Kier molecular flexibility index (Phi) is 1.61. The maximum atomic E-state index is 12.8. The van der Waals surface area contributed by atoms with Crippen LogP contribution in [0.2, 0.25) is 0 Å². The van der Waals surface area contributed by atoms with Crippen molar-refractivity contribution in [3.05, 3.63) is 0 Å². The van der Waals surface area contributed by atoms with Crippen molar-refractivity contribution in [2.75, 3.05) is 6.61 Å². The number of carbonyl (C=O) groups is 1. The number of alkyl halides is 2. The van der Waals surface area contributed by atoms with Crippen LogP contribution in [0.1, 0.15) is 32.6 Å². The van der Waals surface area contributed by atoms with Crippen LogP contribution in [0.5, 0.6) is 0 Å². The number of carbonyl (C=O) groups excluding carboxylic acids is 1. The second-order valence-corrected chi connectivity index (χ2v) is 7.00. The molecule has 1 N–H and O–H groups in total. The minimum atomic E-state index is -3.42. The van der Waals surface area contributed by atoms with E-state index < -0.39 is 17.5 Å². The van der Waals surface area contributed by atoms with Crippen LogP contribution in [0.15, 0.2) is 0 Å². The smallest absolute Gasteiger partial charge is 0.376 e. The van der Waals surface area contributed by atoms with Gasteiger partial charge in [-0.3, -0.25) is 0 Å². The summed E-state index contributed by atoms with van der Waals surface area (Å²) in [5.41, 5.74) is -0.656. The van der Waals surface area contributed by atoms with E-state index in [4.69, 9.17) is 4.74 Å². The lowest BCUT2D eigenvalue weighted by Gasteiger charge is -2.61. The molecule has 18 heavy (non-hydrogen) atoms. The van der Waals surface area contributed by atoms with Crippen molar-refractivity contribution in [1.29, 1.82) is 0 Å². The lowest BCUT2D eigenvalue weighted by Crippen LogP contribution is -2.61. The third-order valence-electron chi connectivity index (χ3n) is 5.96. The number of esters is 1. The standard InChI is InChI=1S/C13H16F2O3/c1-10(14,15)9(16)18-6-11-4-12(11)2-7-3-13(17,5-11)8(7)12/h7-8,17H,2-6H2,1H3. The molecule has 4 rings (SSSR count). The van der Waals surface area contributed by atoms with Gasteiger partial charge in [0, 0.05) is 12.3 Å². The lowest BCUT2D eigenvalue weighted by atomic mass is 9.46. The van der Waals surface area contributed by atoms with E-state index in [1.54, 1.807) is 0 Å². The van der Waals surface area contributed by atoms with E-state index in [-0.39, 0.29) is 17.4 Å². The minimum Gasteiger partial charge on any atom is -0.461 e. The highest BCUT2D eigenvalue weighted by Crippen LogP contribution is 2.92. The maximum absolute atomic E-state index is 12.8. The van der Waals surface area contributed by atoms with Gasteiger partial charge >= 0.3 is 11.9 Å². The summed E-state index contributed by atoms with van der Waals surface area (Å²) in [6, 6.07) is 0. The molecule has 4 aliphatic rings. The van der Waals surface area contributed by atoms with Gasteiger partial charge in [0.1, 0.15) is 0 Å². The van der Waals surface area contributed by atoms with Crippen molar-refractivity contribution in [2.45, 2.75) is 44.1 Å². The fourth-order valence-electron chi connectivity index (χ4n) is 5.44. The quantitative estimate of drug-likeness (QED) is 0.784. The molecule has 4 fully saturated rings. The molecule has 0 aliphatic heterocycles. The van der Waals surface area contributed by atoms with Crippen molar-refractivity contribution >= 4 is 5.97 Å². The van der Waals surface area contributed by atoms with Gasteiger partial charge in [0.25, 0.3) is 0 Å². The first-order valence-electron chi connectivity index (χ1n) is 6.50. The molecular weight excluding hydrogens is 242 g/mol. The molecule has 4 saturated carbocycles. The second kappa shape index (κ2) is 2.60. The fourth-order valence-corrected chi connectivity index (χ4v) is 5.44. The normalized spacial score (nSPS) is 54.9. The molecule has 4 aliphatic carbocycles. The minimum absolute atomic E-state index is 0.0563. The Bertz CT molecular complexity index is 460. The van der Waals surface area contributed by atoms with Gasteiger partial charge in [-0.1, -0.05) is 0 Å². The third kappa shape index (κ3) is 0.985. The maximum Gasteiger partial charge on any atom is 0.376 e. The van der Waals surface area contributed by atoms with Crippen LogP contribution in [0, 0.1) is 22.7 Å². The van der Waals surface area contributed by atoms with E-state index in [9.17, 15) is 18.7 Å². The van der Waals surface area contributed by atoms with Gasteiger partial charge in [-0.2, -0.15) is 8.78 Å². The lowest BCUT2D eigenvalue weighted by molar-refractivity contribution is -0.205. The van der Waals surface area contributed by atoms with Crippen LogP contribution < -0.4 is 0 Å². The van der Waals surface area contributed by atoms with E-state index >= 15 is 0 Å². The summed E-state index contributed by atoms with van der Waals surface area (Å²) in [6.07, 6.45) is 3.49. The first-order valence-corrected chi connectivity index (χ1v) is 6.50. The van der Waals surface area contributed by atoms with Crippen LogP contribution in [0.4, 0.5) is 8.78 Å². The van der Waals surface area contributed by atoms with Crippen molar-refractivity contribution in [2.24, 2.45) is 22.7 Å². The van der Waals surface area contributed by atoms with Gasteiger partial charge in [-0.25, -0.2) is 4.79 Å². The molecule has 0 aromatic rings. The molecule has 0 heterocycles. The topological polar surface area (TPSA) is 46.5 Å². The van der Waals surface area contributed by atoms with Crippen LogP contribution in [-0.4, -0.2) is 29.2 Å². The molecule has 0 amide bonds. The average molecular weight is 258 g/mol. The molecule has 0 aromatic heterocycles. The highest BCUT2D eigenvalue weighted by molar-refractivity contribution is 5.77. The molecule has 5 heteroatoms. The van der Waals surface area contributed by atoms with E-state index in [0.29, 0.717) is 25.2 Å². The van der Waals surface area contributed by atoms with Crippen LogP contribution in [-0.2, 0) is 9.53 Å². The average Bonchev–Trinajstić information content (AvgIpc) is 2.78. The van der Waals surface area contributed by atoms with Crippen molar-refractivity contribution in [3.8, 4) is 0 Å². The van der Waals surface area contributed by atoms with Crippen molar-refractivity contribution in [3.63, 3.8) is 0 Å². The molecule has 3 nitrogen and oxygen atoms in total. The Morgan fingerprint density at radius 2 is 2.17 bits per heavy atom. The largest absolute Gasteiger partial charge is 0.461 e. The predicted molar refractivity (Wildman–Crippen MR) is 56.8 cm³/mol. The predicted octanol–water partition coefficient (Wildman–Crippen LogP) is 1.74. The Morgan fingerprint density at radius 1 is 1.44 bits per heavy atom. The monoisotopic (exact) mass is 258 g/mol. The van der Waals surface area contributed by atoms with E-state index in [1.807, 2.05) is 0 Å². The highest BCUT2D eigenvalue weighted by atomic mass is 19.3. The Labute approximate surface area is 103 Å². The van der Waals surface area contributed by atoms with E-state index in [2.05, 4.69) is 0 Å². The van der Waals surface area contributed by atoms with Gasteiger partial charge in [-0.05, 0) is 42.9 Å². The second-order valence-electron chi connectivity index (χ2n) is 7.00. The van der Waals surface area contributed by atoms with E-state index in [1.165, 1.54) is 0 Å². The summed E-state index contributed by atoms with van der Waals surface area (Å²) in [4.78, 5) is 11.1. The van der Waals surface area contributed by atoms with Gasteiger partial charge in [-0.15, -0.1) is 0 Å². The SMILES string of the molecule is CC(F)(F)C(=O)OCC12CC3(O)CC4CC1(C2)C43. The molecular formula is C13H16F2O3. The summed E-state index contributed by atoms with van der Waals surface area (Å²) in [5, 5.41) is 10.3. The first kappa shape index (κ1) is 11.1. The zero-order valence-corrected chi connectivity index (χ0v) is 10.2. The molecule has 100 valence electrons. The molecule has 0 radical (unpaired) electrons. The Morgan fingerprint density at radius 3 is 2.72 bits per heavy atom. The molecule has 0 bridgehead atoms. The number of hydrogen-bond donors (Lipinski definition) is 1. The number of rotatable bonds is 3. The van der Waals surface area contributed by atoms with Crippen LogP contribution in [0.25, 0.3) is 0 Å². The summed E-state index contributed by atoms with van der Waals surface area (Å²) < 4.78 is 30.3. The molecule has 0 aromatic carbocycles. The number of hydrogen-bond acceptors (Lipinski definition) is 3. The van der Waals surface area contributed by atoms with Crippen LogP contribution in [0.3, 0.4) is 0 Å². The van der Waals surface area contributed by atoms with Crippen molar-refractivity contribution in [1.82, 2.24) is 0 Å². The van der Waals surface area contributed by atoms with Crippen molar-refractivity contribution < 1.29 is 23.4 Å². The molecule has 1 spiro atoms. The summed E-state index contributed by atoms with van der Waals surface area (Å²) in [7, 11) is 0.